The molecule has 1 atom stereocenters. The van der Waals surface area contributed by atoms with Gasteiger partial charge in [-0.25, -0.2) is 0 Å². The summed E-state index contributed by atoms with van der Waals surface area (Å²) < 4.78 is 17.5. The number of methoxy groups -OCH3 is 3. The lowest BCUT2D eigenvalue weighted by Crippen LogP contribution is -2.69. The van der Waals surface area contributed by atoms with Crippen molar-refractivity contribution in [3.8, 4) is 17.2 Å². The van der Waals surface area contributed by atoms with E-state index < -0.39 is 8.07 Å². The summed E-state index contributed by atoms with van der Waals surface area (Å²) in [5.41, 5.74) is 7.82. The van der Waals surface area contributed by atoms with Crippen molar-refractivity contribution in [2.75, 3.05) is 21.3 Å². The Bertz CT molecular complexity index is 1280. The summed E-state index contributed by atoms with van der Waals surface area (Å²) >= 11 is 0. The summed E-state index contributed by atoms with van der Waals surface area (Å²) in [7, 11) is 2.43. The molecule has 0 saturated heterocycles. The van der Waals surface area contributed by atoms with Gasteiger partial charge in [-0.3, -0.25) is 0 Å². The van der Waals surface area contributed by atoms with Gasteiger partial charge in [0.2, 0.25) is 0 Å². The van der Waals surface area contributed by atoms with E-state index in [2.05, 4.69) is 103 Å². The van der Waals surface area contributed by atoms with Crippen molar-refractivity contribution in [1.29, 1.82) is 0 Å². The van der Waals surface area contributed by atoms with Crippen LogP contribution in [-0.4, -0.2) is 29.4 Å². The Morgan fingerprint density at radius 1 is 0.514 bits per heavy atom. The van der Waals surface area contributed by atoms with Crippen LogP contribution in [0.15, 0.2) is 76.5 Å². The number of hydrogen-bond acceptors (Lipinski definition) is 3. The van der Waals surface area contributed by atoms with Crippen molar-refractivity contribution in [3.05, 3.63) is 93.2 Å². The molecule has 4 heteroatoms. The zero-order chi connectivity index (χ0) is 27.1. The molecule has 1 aliphatic rings. The van der Waals surface area contributed by atoms with Crippen molar-refractivity contribution in [3.63, 3.8) is 0 Å². The molecule has 0 radical (unpaired) electrons. The van der Waals surface area contributed by atoms with E-state index in [1.165, 1.54) is 54.2 Å². The predicted octanol–water partition coefficient (Wildman–Crippen LogP) is 5.95. The van der Waals surface area contributed by atoms with E-state index in [1.807, 2.05) is 0 Å². The average Bonchev–Trinajstić information content (AvgIpc) is 3.06. The molecule has 3 nitrogen and oxygen atoms in total. The van der Waals surface area contributed by atoms with Gasteiger partial charge in [-0.2, -0.15) is 0 Å². The molecule has 0 aromatic heterocycles. The highest BCUT2D eigenvalue weighted by atomic mass is 28.3. The maximum Gasteiger partial charge on any atom is 0.176 e. The fourth-order valence-electron chi connectivity index (χ4n) is 6.18. The molecule has 0 aliphatic heterocycles. The van der Waals surface area contributed by atoms with Gasteiger partial charge in [-0.1, -0.05) is 41.5 Å². The Hall–Kier alpha value is -3.24. The minimum absolute atomic E-state index is 0.316. The van der Waals surface area contributed by atoms with Gasteiger partial charge in [0.05, 0.1) is 21.3 Å². The van der Waals surface area contributed by atoms with Gasteiger partial charge in [0, 0.05) is 0 Å². The van der Waals surface area contributed by atoms with Crippen LogP contribution in [0.2, 0.25) is 0 Å². The zero-order valence-corrected chi connectivity index (χ0v) is 25.0. The molecule has 0 bridgehead atoms. The maximum atomic E-state index is 5.84. The monoisotopic (exact) mass is 512 g/mol. The SMILES string of the molecule is COc1cc(C)cc([Si](C2=C(C)C(C)=C(C)C2C)(c2cc(C)cc(OC)c2)c2cc(C)cc(OC)c2)c1. The van der Waals surface area contributed by atoms with Gasteiger partial charge in [0.15, 0.2) is 8.07 Å². The van der Waals surface area contributed by atoms with Crippen LogP contribution >= 0.6 is 0 Å². The highest BCUT2D eigenvalue weighted by Crippen LogP contribution is 2.42. The molecule has 1 aliphatic carbocycles. The van der Waals surface area contributed by atoms with E-state index in [-0.39, 0.29) is 0 Å². The van der Waals surface area contributed by atoms with Gasteiger partial charge in [-0.15, -0.1) is 0 Å². The second-order valence-corrected chi connectivity index (χ2v) is 14.3. The molecule has 0 amide bonds. The molecule has 0 saturated carbocycles. The minimum Gasteiger partial charge on any atom is -0.497 e. The Kier molecular flexibility index (Phi) is 7.43. The Balaban J connectivity index is 2.29. The lowest BCUT2D eigenvalue weighted by atomic mass is 10.1. The van der Waals surface area contributed by atoms with Crippen molar-refractivity contribution in [2.45, 2.75) is 48.5 Å². The van der Waals surface area contributed by atoms with Crippen LogP contribution in [0, 0.1) is 26.7 Å². The van der Waals surface area contributed by atoms with Crippen LogP contribution in [0.5, 0.6) is 17.2 Å². The van der Waals surface area contributed by atoms with E-state index in [9.17, 15) is 0 Å². The predicted molar refractivity (Wildman–Crippen MR) is 158 cm³/mol. The first-order chi connectivity index (χ1) is 17.6. The van der Waals surface area contributed by atoms with Gasteiger partial charge in [0.25, 0.3) is 0 Å². The molecule has 194 valence electrons. The molecule has 3 aromatic rings. The van der Waals surface area contributed by atoms with Gasteiger partial charge in [-0.05, 0) is 122 Å². The lowest BCUT2D eigenvalue weighted by Gasteiger charge is -2.39. The molecule has 0 heterocycles. The first-order valence-electron chi connectivity index (χ1n) is 12.9. The summed E-state index contributed by atoms with van der Waals surface area (Å²) in [4.78, 5) is 0. The highest BCUT2D eigenvalue weighted by Gasteiger charge is 2.49. The average molecular weight is 513 g/mol. The smallest absolute Gasteiger partial charge is 0.176 e. The lowest BCUT2D eigenvalue weighted by molar-refractivity contribution is 0.415. The minimum atomic E-state index is -2.84. The summed E-state index contributed by atoms with van der Waals surface area (Å²) in [6.07, 6.45) is 0. The van der Waals surface area contributed by atoms with E-state index in [0.29, 0.717) is 5.92 Å². The second-order valence-electron chi connectivity index (χ2n) is 10.5. The van der Waals surface area contributed by atoms with E-state index in [4.69, 9.17) is 14.2 Å². The zero-order valence-electron chi connectivity index (χ0n) is 24.0. The fourth-order valence-corrected chi connectivity index (χ4v) is 12.1. The maximum absolute atomic E-state index is 5.84. The molecule has 0 fully saturated rings. The Labute approximate surface area is 223 Å². The van der Waals surface area contributed by atoms with Crippen molar-refractivity contribution < 1.29 is 14.2 Å². The third-order valence-corrected chi connectivity index (χ3v) is 13.3. The summed E-state index contributed by atoms with van der Waals surface area (Å²) in [5, 5.41) is 5.46. The van der Waals surface area contributed by atoms with Crippen LogP contribution in [0.25, 0.3) is 0 Å². The highest BCUT2D eigenvalue weighted by molar-refractivity contribution is 7.16. The molecule has 0 spiro atoms. The molecule has 0 N–H and O–H groups in total. The fraction of sp³-hybridized carbons (Fsp3) is 0.333. The standard InChI is InChI=1S/C33H40O3Si/c1-20-11-27(34-8)17-30(14-20)37(31-15-21(2)12-28(18-31)35-9,32-16-22(3)13-29(19-32)36-10)33-25(6)23(4)24(5)26(33)7/h11-19,25H,1-10H3. The number of hydrogen-bond donors (Lipinski definition) is 0. The third kappa shape index (κ3) is 4.52. The quantitative estimate of drug-likeness (QED) is 0.289. The molecule has 1 unspecified atom stereocenters. The molecular formula is C33H40O3Si. The number of allylic oxidation sites excluding steroid dienone is 4. The van der Waals surface area contributed by atoms with E-state index >= 15 is 0 Å². The molecular weight excluding hydrogens is 472 g/mol. The Morgan fingerprint density at radius 3 is 1.14 bits per heavy atom. The summed E-state index contributed by atoms with van der Waals surface area (Å²) in [5.74, 6) is 2.97. The van der Waals surface area contributed by atoms with Crippen LogP contribution in [0.1, 0.15) is 44.4 Å². The van der Waals surface area contributed by atoms with Crippen LogP contribution < -0.4 is 29.8 Å². The van der Waals surface area contributed by atoms with Crippen molar-refractivity contribution in [1.82, 2.24) is 0 Å². The van der Waals surface area contributed by atoms with Crippen LogP contribution in [0.4, 0.5) is 0 Å². The molecule has 37 heavy (non-hydrogen) atoms. The number of ether oxygens (including phenoxy) is 3. The van der Waals surface area contributed by atoms with Gasteiger partial charge >= 0.3 is 0 Å². The normalized spacial score (nSPS) is 15.9. The summed E-state index contributed by atoms with van der Waals surface area (Å²) in [6, 6.07) is 20.2. The molecule has 4 rings (SSSR count). The Morgan fingerprint density at radius 2 is 0.865 bits per heavy atom. The first kappa shape index (κ1) is 26.8. The van der Waals surface area contributed by atoms with Crippen LogP contribution in [-0.2, 0) is 0 Å². The van der Waals surface area contributed by atoms with E-state index in [0.717, 1.165) is 17.2 Å². The topological polar surface area (TPSA) is 27.7 Å². The largest absolute Gasteiger partial charge is 0.497 e. The van der Waals surface area contributed by atoms with Crippen LogP contribution in [0.3, 0.4) is 0 Å². The third-order valence-electron chi connectivity index (χ3n) is 8.20. The second kappa shape index (κ2) is 10.3. The van der Waals surface area contributed by atoms with Gasteiger partial charge < -0.3 is 14.2 Å². The van der Waals surface area contributed by atoms with E-state index in [1.54, 1.807) is 21.3 Å². The van der Waals surface area contributed by atoms with Gasteiger partial charge in [0.1, 0.15) is 17.2 Å². The van der Waals surface area contributed by atoms with Crippen molar-refractivity contribution in [2.24, 2.45) is 5.92 Å². The van der Waals surface area contributed by atoms with Crippen molar-refractivity contribution >= 4 is 23.6 Å². The molecule has 3 aromatic carbocycles. The number of rotatable bonds is 7. The first-order valence-corrected chi connectivity index (χ1v) is 14.9. The number of benzene rings is 3. The number of aryl methyl sites for hydroxylation is 3. The summed E-state index contributed by atoms with van der Waals surface area (Å²) in [6.45, 7) is 15.7.